The van der Waals surface area contributed by atoms with Crippen LogP contribution in [-0.4, -0.2) is 24.6 Å². The van der Waals surface area contributed by atoms with Gasteiger partial charge in [-0.25, -0.2) is 4.79 Å². The summed E-state index contributed by atoms with van der Waals surface area (Å²) in [6, 6.07) is 5.40. The van der Waals surface area contributed by atoms with Crippen LogP contribution in [-0.2, 0) is 11.3 Å². The highest BCUT2D eigenvalue weighted by molar-refractivity contribution is 5.67. The van der Waals surface area contributed by atoms with E-state index >= 15 is 0 Å². The van der Waals surface area contributed by atoms with Gasteiger partial charge >= 0.3 is 6.09 Å². The minimum atomic E-state index is -0.457. The topological polar surface area (TPSA) is 66.5 Å². The van der Waals surface area contributed by atoms with Crippen LogP contribution in [0.1, 0.15) is 12.2 Å². The molecule has 0 saturated carbocycles. The Morgan fingerprint density at radius 1 is 1.73 bits per heavy atom. The Morgan fingerprint density at radius 2 is 2.53 bits per heavy atom. The molecule has 1 aromatic heterocycles. The Morgan fingerprint density at radius 3 is 3.13 bits per heavy atom. The van der Waals surface area contributed by atoms with Gasteiger partial charge in [0.2, 0.25) is 0 Å². The van der Waals surface area contributed by atoms with Gasteiger partial charge in [0.25, 0.3) is 0 Å². The van der Waals surface area contributed by atoms with E-state index in [-0.39, 0.29) is 6.61 Å². The molecular weight excluding hydrogens is 196 g/mol. The predicted octanol–water partition coefficient (Wildman–Crippen LogP) is 1.76. The lowest BCUT2D eigenvalue weighted by atomic mass is 10.4. The van der Waals surface area contributed by atoms with Crippen LogP contribution in [0.5, 0.6) is 0 Å². The number of nitrogens with zero attached hydrogens (tertiary/aromatic N) is 2. The number of rotatable bonds is 4. The van der Waals surface area contributed by atoms with Crippen molar-refractivity contribution in [1.29, 1.82) is 5.26 Å². The van der Waals surface area contributed by atoms with E-state index in [1.165, 1.54) is 11.2 Å². The maximum Gasteiger partial charge on any atom is 0.409 e. The largest absolute Gasteiger partial charge is 0.466 e. The molecule has 0 radical (unpaired) electrons. The molecule has 1 aromatic rings. The molecule has 1 amide bonds. The second kappa shape index (κ2) is 5.70. The molecule has 0 aliphatic carbocycles. The number of hydrogen-bond donors (Lipinski definition) is 0. The minimum absolute atomic E-state index is 0.114. The monoisotopic (exact) mass is 208 g/mol. The number of amides is 1. The average Bonchev–Trinajstić information content (AvgIpc) is 2.75. The third-order valence-corrected chi connectivity index (χ3v) is 1.79. The van der Waals surface area contributed by atoms with E-state index in [9.17, 15) is 4.79 Å². The number of furan rings is 1. The molecule has 0 unspecified atom stereocenters. The fourth-order valence-corrected chi connectivity index (χ4v) is 0.947. The zero-order valence-corrected chi connectivity index (χ0v) is 8.47. The van der Waals surface area contributed by atoms with Crippen LogP contribution < -0.4 is 0 Å². The molecule has 0 atom stereocenters. The zero-order valence-electron chi connectivity index (χ0n) is 8.47. The Kier molecular flexibility index (Phi) is 4.23. The summed E-state index contributed by atoms with van der Waals surface area (Å²) in [6.07, 6.45) is 1.36. The molecule has 1 heterocycles. The van der Waals surface area contributed by atoms with Crippen molar-refractivity contribution < 1.29 is 13.9 Å². The summed E-state index contributed by atoms with van der Waals surface area (Å²) in [5.41, 5.74) is 0. The first-order chi connectivity index (χ1) is 7.24. The molecule has 0 spiro atoms. The van der Waals surface area contributed by atoms with Crippen molar-refractivity contribution in [2.45, 2.75) is 13.0 Å². The van der Waals surface area contributed by atoms with Crippen molar-refractivity contribution in [3.05, 3.63) is 24.2 Å². The van der Waals surface area contributed by atoms with E-state index in [1.807, 2.05) is 6.07 Å². The van der Waals surface area contributed by atoms with Gasteiger partial charge in [0.15, 0.2) is 6.61 Å². The van der Waals surface area contributed by atoms with Crippen molar-refractivity contribution in [3.8, 4) is 6.07 Å². The standard InChI is InChI=1S/C10H12N2O3/c1-12(6-3-5-11)10(13)15-8-9-4-2-7-14-9/h2,4,7H,3,6,8H2,1H3. The molecular formula is C10H12N2O3. The normalized spacial score (nSPS) is 9.33. The molecule has 0 N–H and O–H groups in total. The lowest BCUT2D eigenvalue weighted by Gasteiger charge is -2.14. The first-order valence-electron chi connectivity index (χ1n) is 4.51. The molecule has 80 valence electrons. The molecule has 1 rings (SSSR count). The van der Waals surface area contributed by atoms with E-state index in [0.29, 0.717) is 18.7 Å². The van der Waals surface area contributed by atoms with Gasteiger partial charge in [0, 0.05) is 13.6 Å². The first-order valence-corrected chi connectivity index (χ1v) is 4.51. The van der Waals surface area contributed by atoms with Crippen molar-refractivity contribution in [2.24, 2.45) is 0 Å². The lowest BCUT2D eigenvalue weighted by Crippen LogP contribution is -2.28. The van der Waals surface area contributed by atoms with E-state index in [0.717, 1.165) is 0 Å². The molecule has 5 nitrogen and oxygen atoms in total. The highest BCUT2D eigenvalue weighted by Gasteiger charge is 2.09. The van der Waals surface area contributed by atoms with Gasteiger partial charge in [-0.1, -0.05) is 0 Å². The maximum absolute atomic E-state index is 11.3. The highest BCUT2D eigenvalue weighted by Crippen LogP contribution is 2.03. The van der Waals surface area contributed by atoms with Gasteiger partial charge in [0.05, 0.1) is 18.8 Å². The molecule has 0 aliphatic rings. The molecule has 0 fully saturated rings. The second-order valence-electron chi connectivity index (χ2n) is 2.96. The number of nitriles is 1. The molecule has 0 saturated heterocycles. The van der Waals surface area contributed by atoms with Gasteiger partial charge < -0.3 is 14.1 Å². The van der Waals surface area contributed by atoms with Crippen LogP contribution in [0.4, 0.5) is 4.79 Å². The van der Waals surface area contributed by atoms with Crippen LogP contribution in [0, 0.1) is 11.3 Å². The van der Waals surface area contributed by atoms with Crippen molar-refractivity contribution in [3.63, 3.8) is 0 Å². The smallest absolute Gasteiger partial charge is 0.409 e. The third-order valence-electron chi connectivity index (χ3n) is 1.79. The van der Waals surface area contributed by atoms with Gasteiger partial charge in [0.1, 0.15) is 5.76 Å². The van der Waals surface area contributed by atoms with Crippen LogP contribution in [0.15, 0.2) is 22.8 Å². The van der Waals surface area contributed by atoms with Crippen LogP contribution in [0.2, 0.25) is 0 Å². The molecule has 0 aliphatic heterocycles. The van der Waals surface area contributed by atoms with Crippen molar-refractivity contribution in [1.82, 2.24) is 4.90 Å². The number of ether oxygens (including phenoxy) is 1. The van der Waals surface area contributed by atoms with Gasteiger partial charge in [-0.15, -0.1) is 0 Å². The molecule has 0 bridgehead atoms. The molecule has 0 aromatic carbocycles. The van der Waals surface area contributed by atoms with E-state index in [4.69, 9.17) is 14.4 Å². The van der Waals surface area contributed by atoms with Gasteiger partial charge in [-0.2, -0.15) is 5.26 Å². The van der Waals surface area contributed by atoms with E-state index in [1.54, 1.807) is 19.2 Å². The summed E-state index contributed by atoms with van der Waals surface area (Å²) >= 11 is 0. The Balaban J connectivity index is 2.27. The minimum Gasteiger partial charge on any atom is -0.466 e. The average molecular weight is 208 g/mol. The quantitative estimate of drug-likeness (QED) is 0.756. The fourth-order valence-electron chi connectivity index (χ4n) is 0.947. The summed E-state index contributed by atoms with van der Waals surface area (Å²) in [4.78, 5) is 12.7. The Bertz CT molecular complexity index is 340. The Labute approximate surface area is 87.8 Å². The number of carbonyl (C=O) groups excluding carboxylic acids is 1. The van der Waals surface area contributed by atoms with Crippen molar-refractivity contribution >= 4 is 6.09 Å². The summed E-state index contributed by atoms with van der Waals surface area (Å²) < 4.78 is 9.93. The van der Waals surface area contributed by atoms with Crippen LogP contribution in [0.25, 0.3) is 0 Å². The lowest BCUT2D eigenvalue weighted by molar-refractivity contribution is 0.0986. The van der Waals surface area contributed by atoms with Gasteiger partial charge in [-0.3, -0.25) is 0 Å². The predicted molar refractivity (Wildman–Crippen MR) is 51.8 cm³/mol. The fraction of sp³-hybridized carbons (Fsp3) is 0.400. The summed E-state index contributed by atoms with van der Waals surface area (Å²) in [5.74, 6) is 0.594. The summed E-state index contributed by atoms with van der Waals surface area (Å²) in [6.45, 7) is 0.482. The SMILES string of the molecule is CN(CCC#N)C(=O)OCc1ccco1. The van der Waals surface area contributed by atoms with Crippen LogP contribution in [0.3, 0.4) is 0 Å². The summed E-state index contributed by atoms with van der Waals surface area (Å²) in [5, 5.41) is 8.33. The van der Waals surface area contributed by atoms with E-state index < -0.39 is 6.09 Å². The maximum atomic E-state index is 11.3. The summed E-state index contributed by atoms with van der Waals surface area (Å²) in [7, 11) is 1.59. The Hall–Kier alpha value is -1.96. The van der Waals surface area contributed by atoms with Crippen molar-refractivity contribution in [2.75, 3.05) is 13.6 Å². The van der Waals surface area contributed by atoms with Crippen LogP contribution >= 0.6 is 0 Å². The first kappa shape index (κ1) is 11.1. The zero-order chi connectivity index (χ0) is 11.1. The van der Waals surface area contributed by atoms with E-state index in [2.05, 4.69) is 0 Å². The highest BCUT2D eigenvalue weighted by atomic mass is 16.6. The number of hydrogen-bond acceptors (Lipinski definition) is 4. The third kappa shape index (κ3) is 3.73. The number of carbonyl (C=O) groups is 1. The van der Waals surface area contributed by atoms with Gasteiger partial charge in [-0.05, 0) is 12.1 Å². The molecule has 15 heavy (non-hydrogen) atoms. The second-order valence-corrected chi connectivity index (χ2v) is 2.96. The molecule has 5 heteroatoms.